The van der Waals surface area contributed by atoms with Gasteiger partial charge in [-0.1, -0.05) is 20.3 Å². The lowest BCUT2D eigenvalue weighted by Gasteiger charge is -2.37. The molecule has 0 aromatic rings. The predicted octanol–water partition coefficient (Wildman–Crippen LogP) is 0.768. The van der Waals surface area contributed by atoms with Crippen molar-refractivity contribution in [2.24, 2.45) is 5.92 Å². The fraction of sp³-hybridized carbons (Fsp3) is 0.818. The van der Waals surface area contributed by atoms with Gasteiger partial charge in [0.25, 0.3) is 0 Å². The van der Waals surface area contributed by atoms with Crippen LogP contribution in [0.1, 0.15) is 34.1 Å². The highest BCUT2D eigenvalue weighted by molar-refractivity contribution is 5.96. The summed E-state index contributed by atoms with van der Waals surface area (Å²) >= 11 is 0. The van der Waals surface area contributed by atoms with Gasteiger partial charge in [-0.2, -0.15) is 0 Å². The topological polar surface area (TPSA) is 49.4 Å². The zero-order valence-corrected chi connectivity index (χ0v) is 9.91. The van der Waals surface area contributed by atoms with E-state index in [2.05, 4.69) is 19.2 Å². The van der Waals surface area contributed by atoms with E-state index < -0.39 is 0 Å². The first-order chi connectivity index (χ1) is 6.97. The SMILES string of the molecule is CCC(C)CN1C(=O)C(C)NC(=O)C1C. The second-order valence-corrected chi connectivity index (χ2v) is 4.41. The molecule has 0 aromatic heterocycles. The second-order valence-electron chi connectivity index (χ2n) is 4.41. The van der Waals surface area contributed by atoms with Crippen LogP contribution < -0.4 is 5.32 Å². The van der Waals surface area contributed by atoms with Crippen molar-refractivity contribution in [2.75, 3.05) is 6.54 Å². The first-order valence-electron chi connectivity index (χ1n) is 5.58. The van der Waals surface area contributed by atoms with E-state index in [1.54, 1.807) is 18.7 Å². The standard InChI is InChI=1S/C11H20N2O2/c1-5-7(2)6-13-9(4)10(14)12-8(3)11(13)15/h7-9H,5-6H2,1-4H3,(H,12,14). The van der Waals surface area contributed by atoms with E-state index in [0.29, 0.717) is 12.5 Å². The average Bonchev–Trinajstić information content (AvgIpc) is 2.21. The van der Waals surface area contributed by atoms with Crippen molar-refractivity contribution < 1.29 is 9.59 Å². The first-order valence-corrected chi connectivity index (χ1v) is 5.58. The average molecular weight is 212 g/mol. The molecule has 15 heavy (non-hydrogen) atoms. The van der Waals surface area contributed by atoms with Gasteiger partial charge in [-0.05, 0) is 19.8 Å². The molecule has 0 aromatic carbocycles. The monoisotopic (exact) mass is 212 g/mol. The molecule has 3 atom stereocenters. The number of rotatable bonds is 3. The highest BCUT2D eigenvalue weighted by atomic mass is 16.2. The van der Waals surface area contributed by atoms with E-state index in [-0.39, 0.29) is 23.9 Å². The number of carbonyl (C=O) groups is 2. The van der Waals surface area contributed by atoms with Crippen molar-refractivity contribution in [1.29, 1.82) is 0 Å². The number of piperazine rings is 1. The normalized spacial score (nSPS) is 28.9. The quantitative estimate of drug-likeness (QED) is 0.751. The summed E-state index contributed by atoms with van der Waals surface area (Å²) in [6.07, 6.45) is 1.02. The number of nitrogens with one attached hydrogen (secondary N) is 1. The smallest absolute Gasteiger partial charge is 0.245 e. The third kappa shape index (κ3) is 2.49. The molecule has 2 amide bonds. The molecule has 0 bridgehead atoms. The zero-order valence-electron chi connectivity index (χ0n) is 9.91. The molecule has 1 rings (SSSR count). The molecule has 1 fully saturated rings. The van der Waals surface area contributed by atoms with Crippen molar-refractivity contribution in [2.45, 2.75) is 46.2 Å². The summed E-state index contributed by atoms with van der Waals surface area (Å²) in [5, 5.41) is 2.67. The van der Waals surface area contributed by atoms with Crippen LogP contribution in [0, 0.1) is 5.92 Å². The van der Waals surface area contributed by atoms with Gasteiger partial charge in [-0.3, -0.25) is 9.59 Å². The van der Waals surface area contributed by atoms with E-state index in [4.69, 9.17) is 0 Å². The maximum absolute atomic E-state index is 11.8. The highest BCUT2D eigenvalue weighted by Crippen LogP contribution is 2.13. The van der Waals surface area contributed by atoms with E-state index in [1.807, 2.05) is 0 Å². The van der Waals surface area contributed by atoms with Gasteiger partial charge in [-0.25, -0.2) is 0 Å². The Morgan fingerprint density at radius 1 is 1.40 bits per heavy atom. The largest absolute Gasteiger partial charge is 0.343 e. The lowest BCUT2D eigenvalue weighted by molar-refractivity contribution is -0.148. The second kappa shape index (κ2) is 4.64. The fourth-order valence-corrected chi connectivity index (χ4v) is 1.69. The molecule has 4 nitrogen and oxygen atoms in total. The van der Waals surface area contributed by atoms with Crippen molar-refractivity contribution >= 4 is 11.8 Å². The Bertz CT molecular complexity index is 265. The van der Waals surface area contributed by atoms with Crippen molar-refractivity contribution in [3.05, 3.63) is 0 Å². The molecule has 0 radical (unpaired) electrons. The summed E-state index contributed by atoms with van der Waals surface area (Å²) in [5.74, 6) is 0.419. The third-order valence-electron chi connectivity index (χ3n) is 3.06. The summed E-state index contributed by atoms with van der Waals surface area (Å²) in [4.78, 5) is 25.1. The van der Waals surface area contributed by atoms with Crippen LogP contribution in [0.2, 0.25) is 0 Å². The molecule has 1 heterocycles. The molecule has 3 unspecified atom stereocenters. The molecule has 0 saturated carbocycles. The molecule has 1 aliphatic rings. The number of carbonyl (C=O) groups excluding carboxylic acids is 2. The molecule has 86 valence electrons. The maximum Gasteiger partial charge on any atom is 0.245 e. The molecule has 1 N–H and O–H groups in total. The van der Waals surface area contributed by atoms with Gasteiger partial charge in [0.2, 0.25) is 11.8 Å². The fourth-order valence-electron chi connectivity index (χ4n) is 1.69. The van der Waals surface area contributed by atoms with Crippen LogP contribution in [0.25, 0.3) is 0 Å². The molecule has 0 aliphatic carbocycles. The Hall–Kier alpha value is -1.06. The molecule has 4 heteroatoms. The van der Waals surface area contributed by atoms with E-state index >= 15 is 0 Å². The van der Waals surface area contributed by atoms with Crippen molar-refractivity contribution in [1.82, 2.24) is 10.2 Å². The minimum absolute atomic E-state index is 0.0300. The highest BCUT2D eigenvalue weighted by Gasteiger charge is 2.35. The van der Waals surface area contributed by atoms with Gasteiger partial charge in [0.1, 0.15) is 12.1 Å². The van der Waals surface area contributed by atoms with Crippen LogP contribution >= 0.6 is 0 Å². The summed E-state index contributed by atoms with van der Waals surface area (Å²) in [7, 11) is 0. The third-order valence-corrected chi connectivity index (χ3v) is 3.06. The first kappa shape index (κ1) is 12.0. The molecule has 0 spiro atoms. The minimum Gasteiger partial charge on any atom is -0.343 e. The van der Waals surface area contributed by atoms with E-state index in [0.717, 1.165) is 6.42 Å². The van der Waals surface area contributed by atoms with Gasteiger partial charge in [0.05, 0.1) is 0 Å². The van der Waals surface area contributed by atoms with Crippen LogP contribution in [0.5, 0.6) is 0 Å². The zero-order chi connectivity index (χ0) is 11.6. The molecular formula is C11H20N2O2. The van der Waals surface area contributed by atoms with Gasteiger partial charge < -0.3 is 10.2 Å². The van der Waals surface area contributed by atoms with Gasteiger partial charge in [0, 0.05) is 6.54 Å². The van der Waals surface area contributed by atoms with Crippen LogP contribution in [0.15, 0.2) is 0 Å². The Labute approximate surface area is 91.0 Å². The van der Waals surface area contributed by atoms with Crippen LogP contribution in [-0.4, -0.2) is 35.3 Å². The number of nitrogens with zero attached hydrogens (tertiary/aromatic N) is 1. The predicted molar refractivity (Wildman–Crippen MR) is 58.2 cm³/mol. The summed E-state index contributed by atoms with van der Waals surface area (Å²) in [5.41, 5.74) is 0. The van der Waals surface area contributed by atoms with Crippen LogP contribution in [0.3, 0.4) is 0 Å². The lowest BCUT2D eigenvalue weighted by atomic mass is 10.0. The lowest BCUT2D eigenvalue weighted by Crippen LogP contribution is -2.62. The Balaban J connectivity index is 2.73. The van der Waals surface area contributed by atoms with Gasteiger partial charge in [-0.15, -0.1) is 0 Å². The molecular weight excluding hydrogens is 192 g/mol. The molecule has 1 saturated heterocycles. The van der Waals surface area contributed by atoms with E-state index in [1.165, 1.54) is 0 Å². The minimum atomic E-state index is -0.377. The Morgan fingerprint density at radius 2 is 2.00 bits per heavy atom. The number of hydrogen-bond donors (Lipinski definition) is 1. The Morgan fingerprint density at radius 3 is 2.53 bits per heavy atom. The number of amides is 2. The van der Waals surface area contributed by atoms with Gasteiger partial charge in [0.15, 0.2) is 0 Å². The van der Waals surface area contributed by atoms with E-state index in [9.17, 15) is 9.59 Å². The van der Waals surface area contributed by atoms with Crippen LogP contribution in [0.4, 0.5) is 0 Å². The summed E-state index contributed by atoms with van der Waals surface area (Å²) < 4.78 is 0. The number of hydrogen-bond acceptors (Lipinski definition) is 2. The van der Waals surface area contributed by atoms with Crippen molar-refractivity contribution in [3.8, 4) is 0 Å². The summed E-state index contributed by atoms with van der Waals surface area (Å²) in [6.45, 7) is 8.37. The molecule has 1 aliphatic heterocycles. The maximum atomic E-state index is 11.8. The van der Waals surface area contributed by atoms with Crippen LogP contribution in [-0.2, 0) is 9.59 Å². The summed E-state index contributed by atoms with van der Waals surface area (Å²) in [6, 6.07) is -0.708. The Kier molecular flexibility index (Phi) is 3.72. The van der Waals surface area contributed by atoms with Gasteiger partial charge >= 0.3 is 0 Å². The van der Waals surface area contributed by atoms with Crippen molar-refractivity contribution in [3.63, 3.8) is 0 Å².